The molecule has 0 rings (SSSR count). The number of hydrogen-bond acceptors (Lipinski definition) is 4. The number of amides is 1. The van der Waals surface area contributed by atoms with Gasteiger partial charge in [-0.2, -0.15) is 5.26 Å². The molecule has 86 valence electrons. The predicted molar refractivity (Wildman–Crippen MR) is 56.9 cm³/mol. The van der Waals surface area contributed by atoms with Crippen LogP contribution in [0.2, 0.25) is 0 Å². The summed E-state index contributed by atoms with van der Waals surface area (Å²) in [5, 5.41) is 8.48. The number of nitriles is 1. The van der Waals surface area contributed by atoms with Crippen molar-refractivity contribution in [2.24, 2.45) is 11.7 Å². The van der Waals surface area contributed by atoms with Crippen LogP contribution in [0.3, 0.4) is 0 Å². The molecule has 0 fully saturated rings. The molecule has 0 heterocycles. The predicted octanol–water partition coefficient (Wildman–Crippen LogP) is -0.0301. The van der Waals surface area contributed by atoms with E-state index in [1.807, 2.05) is 4.90 Å². The average Bonchev–Trinajstić information content (AvgIpc) is 2.21. The molecule has 0 aromatic heterocycles. The van der Waals surface area contributed by atoms with E-state index in [0.717, 1.165) is 6.54 Å². The monoisotopic (exact) mass is 213 g/mol. The largest absolute Gasteiger partial charge is 0.383 e. The Labute approximate surface area is 90.8 Å². The lowest BCUT2D eigenvalue weighted by Crippen LogP contribution is -2.37. The van der Waals surface area contributed by atoms with Gasteiger partial charge in [-0.3, -0.25) is 9.69 Å². The second kappa shape index (κ2) is 8.21. The van der Waals surface area contributed by atoms with Gasteiger partial charge in [-0.1, -0.05) is 6.92 Å². The van der Waals surface area contributed by atoms with Crippen LogP contribution >= 0.6 is 0 Å². The van der Waals surface area contributed by atoms with Crippen LogP contribution in [0.1, 0.15) is 13.3 Å². The molecular formula is C10H19N3O2. The van der Waals surface area contributed by atoms with Gasteiger partial charge in [0.1, 0.15) is 0 Å². The number of rotatable bonds is 8. The number of methoxy groups -OCH3 is 1. The summed E-state index contributed by atoms with van der Waals surface area (Å²) in [5.41, 5.74) is 5.18. The Kier molecular flexibility index (Phi) is 7.60. The second-order valence-electron chi connectivity index (χ2n) is 3.50. The van der Waals surface area contributed by atoms with E-state index in [1.54, 1.807) is 14.0 Å². The van der Waals surface area contributed by atoms with Gasteiger partial charge in [0.05, 0.1) is 12.7 Å². The van der Waals surface area contributed by atoms with E-state index in [0.29, 0.717) is 26.1 Å². The number of hydrogen-bond donors (Lipinski definition) is 1. The van der Waals surface area contributed by atoms with Crippen molar-refractivity contribution >= 4 is 5.91 Å². The zero-order chi connectivity index (χ0) is 11.7. The summed E-state index contributed by atoms with van der Waals surface area (Å²) in [5.74, 6) is -0.505. The summed E-state index contributed by atoms with van der Waals surface area (Å²) in [6.45, 7) is 4.33. The number of nitrogens with two attached hydrogens (primary N) is 1. The van der Waals surface area contributed by atoms with Gasteiger partial charge in [0.25, 0.3) is 0 Å². The summed E-state index contributed by atoms with van der Waals surface area (Å²) < 4.78 is 4.95. The molecule has 1 atom stereocenters. The van der Waals surface area contributed by atoms with Crippen molar-refractivity contribution < 1.29 is 9.53 Å². The van der Waals surface area contributed by atoms with Gasteiger partial charge < -0.3 is 10.5 Å². The smallest absolute Gasteiger partial charge is 0.221 e. The Bertz CT molecular complexity index is 225. The van der Waals surface area contributed by atoms with Crippen LogP contribution in [0.4, 0.5) is 0 Å². The van der Waals surface area contributed by atoms with Crippen molar-refractivity contribution in [2.45, 2.75) is 13.3 Å². The zero-order valence-corrected chi connectivity index (χ0v) is 9.40. The highest BCUT2D eigenvalue weighted by molar-refractivity contribution is 5.76. The van der Waals surface area contributed by atoms with Crippen LogP contribution in [-0.2, 0) is 9.53 Å². The molecule has 1 amide bonds. The lowest BCUT2D eigenvalue weighted by Gasteiger charge is -2.22. The summed E-state index contributed by atoms with van der Waals surface area (Å²) in [6, 6.07) is 2.08. The van der Waals surface area contributed by atoms with Crippen molar-refractivity contribution in [1.29, 1.82) is 5.26 Å². The van der Waals surface area contributed by atoms with Crippen LogP contribution in [0, 0.1) is 17.2 Å². The van der Waals surface area contributed by atoms with Crippen molar-refractivity contribution in [1.82, 2.24) is 4.90 Å². The molecule has 5 nitrogen and oxygen atoms in total. The van der Waals surface area contributed by atoms with Crippen LogP contribution < -0.4 is 5.73 Å². The quantitative estimate of drug-likeness (QED) is 0.614. The molecule has 0 aromatic rings. The maximum Gasteiger partial charge on any atom is 0.221 e. The van der Waals surface area contributed by atoms with Crippen molar-refractivity contribution in [3.63, 3.8) is 0 Å². The highest BCUT2D eigenvalue weighted by Crippen LogP contribution is 2.00. The molecule has 0 bridgehead atoms. The molecule has 0 saturated carbocycles. The normalized spacial score (nSPS) is 12.4. The molecule has 0 saturated heterocycles. The van der Waals surface area contributed by atoms with E-state index in [9.17, 15) is 4.79 Å². The van der Waals surface area contributed by atoms with Gasteiger partial charge in [0.15, 0.2) is 0 Å². The zero-order valence-electron chi connectivity index (χ0n) is 9.40. The van der Waals surface area contributed by atoms with Crippen LogP contribution in [0.15, 0.2) is 0 Å². The molecule has 0 aliphatic heterocycles. The molecule has 0 aliphatic rings. The minimum absolute atomic E-state index is 0.194. The molecule has 0 aromatic carbocycles. The molecule has 0 radical (unpaired) electrons. The minimum atomic E-state index is -0.311. The Hall–Kier alpha value is -1.12. The van der Waals surface area contributed by atoms with Crippen molar-refractivity contribution in [3.8, 4) is 6.07 Å². The highest BCUT2D eigenvalue weighted by Gasteiger charge is 2.13. The van der Waals surface area contributed by atoms with Gasteiger partial charge in [-0.15, -0.1) is 0 Å². The fraction of sp³-hybridized carbons (Fsp3) is 0.800. The number of primary amides is 1. The summed E-state index contributed by atoms with van der Waals surface area (Å²) in [6.07, 6.45) is 0.454. The standard InChI is InChI=1S/C10H19N3O2/c1-9(10(12)14)8-13(5-3-4-11)6-7-15-2/h9H,3,5-8H2,1-2H3,(H2,12,14). The lowest BCUT2D eigenvalue weighted by atomic mass is 10.1. The molecule has 0 spiro atoms. The van der Waals surface area contributed by atoms with E-state index in [4.69, 9.17) is 15.7 Å². The number of nitrogens with zero attached hydrogens (tertiary/aromatic N) is 2. The Morgan fingerprint density at radius 2 is 2.27 bits per heavy atom. The van der Waals surface area contributed by atoms with E-state index < -0.39 is 0 Å². The first-order valence-electron chi connectivity index (χ1n) is 4.99. The number of carbonyl (C=O) groups excluding carboxylic acids is 1. The number of carbonyl (C=O) groups is 1. The van der Waals surface area contributed by atoms with E-state index in [-0.39, 0.29) is 11.8 Å². The fourth-order valence-corrected chi connectivity index (χ4v) is 1.20. The van der Waals surface area contributed by atoms with Crippen molar-refractivity contribution in [2.75, 3.05) is 33.4 Å². The summed E-state index contributed by atoms with van der Waals surface area (Å²) >= 11 is 0. The average molecular weight is 213 g/mol. The van der Waals surface area contributed by atoms with Crippen LogP contribution in [-0.4, -0.2) is 44.2 Å². The third-order valence-corrected chi connectivity index (χ3v) is 2.17. The summed E-state index contributed by atoms with van der Waals surface area (Å²) in [7, 11) is 1.62. The van der Waals surface area contributed by atoms with E-state index in [2.05, 4.69) is 6.07 Å². The van der Waals surface area contributed by atoms with Gasteiger partial charge in [0.2, 0.25) is 5.91 Å². The van der Waals surface area contributed by atoms with E-state index >= 15 is 0 Å². The van der Waals surface area contributed by atoms with E-state index in [1.165, 1.54) is 0 Å². The first-order valence-corrected chi connectivity index (χ1v) is 4.99. The maximum absolute atomic E-state index is 10.9. The third kappa shape index (κ3) is 6.89. The molecule has 5 heteroatoms. The highest BCUT2D eigenvalue weighted by atomic mass is 16.5. The Balaban J connectivity index is 3.99. The van der Waals surface area contributed by atoms with Gasteiger partial charge in [-0.25, -0.2) is 0 Å². The second-order valence-corrected chi connectivity index (χ2v) is 3.50. The van der Waals surface area contributed by atoms with Gasteiger partial charge >= 0.3 is 0 Å². The Morgan fingerprint density at radius 3 is 2.73 bits per heavy atom. The number of ether oxygens (including phenoxy) is 1. The lowest BCUT2D eigenvalue weighted by molar-refractivity contribution is -0.121. The topological polar surface area (TPSA) is 79.3 Å². The fourth-order valence-electron chi connectivity index (χ4n) is 1.20. The first-order chi connectivity index (χ1) is 7.11. The van der Waals surface area contributed by atoms with Crippen molar-refractivity contribution in [3.05, 3.63) is 0 Å². The maximum atomic E-state index is 10.9. The van der Waals surface area contributed by atoms with Crippen LogP contribution in [0.25, 0.3) is 0 Å². The minimum Gasteiger partial charge on any atom is -0.383 e. The molecule has 1 unspecified atom stereocenters. The van der Waals surface area contributed by atoms with Gasteiger partial charge in [-0.05, 0) is 0 Å². The first kappa shape index (κ1) is 13.9. The molecule has 15 heavy (non-hydrogen) atoms. The third-order valence-electron chi connectivity index (χ3n) is 2.17. The SMILES string of the molecule is COCCN(CCC#N)CC(C)C(N)=O. The molecular weight excluding hydrogens is 194 g/mol. The van der Waals surface area contributed by atoms with Gasteiger partial charge in [0, 0.05) is 39.1 Å². The van der Waals surface area contributed by atoms with Crippen LogP contribution in [0.5, 0.6) is 0 Å². The molecule has 2 N–H and O–H groups in total. The molecule has 0 aliphatic carbocycles. The summed E-state index contributed by atoms with van der Waals surface area (Å²) in [4.78, 5) is 12.9. The Morgan fingerprint density at radius 1 is 1.60 bits per heavy atom.